The summed E-state index contributed by atoms with van der Waals surface area (Å²) < 4.78 is 0.278. The number of carboxylic acids is 1. The molecule has 2 aromatic carbocycles. The van der Waals surface area contributed by atoms with Crippen molar-refractivity contribution in [1.82, 2.24) is 4.90 Å². The summed E-state index contributed by atoms with van der Waals surface area (Å²) in [6, 6.07) is 16.2. The lowest BCUT2D eigenvalue weighted by Gasteiger charge is -2.23. The maximum atomic E-state index is 12.9. The zero-order valence-electron chi connectivity index (χ0n) is 14.8. The first-order valence-electron chi connectivity index (χ1n) is 8.62. The average Bonchev–Trinajstić information content (AvgIpc) is 2.94. The van der Waals surface area contributed by atoms with Crippen molar-refractivity contribution in [3.63, 3.8) is 0 Å². The highest BCUT2D eigenvalue weighted by atomic mass is 32.2. The lowest BCUT2D eigenvalue weighted by molar-refractivity contribution is -0.145. The number of carbonyl (C=O) groups excluding carboxylic acids is 1. The number of thioether (sulfide) groups is 1. The predicted molar refractivity (Wildman–Crippen MR) is 112 cm³/mol. The highest BCUT2D eigenvalue weighted by molar-refractivity contribution is 8.26. The zero-order valence-corrected chi connectivity index (χ0v) is 16.4. The number of hydrogen-bond acceptors (Lipinski definition) is 4. The van der Waals surface area contributed by atoms with Gasteiger partial charge in [-0.1, -0.05) is 85.5 Å². The average molecular weight is 398 g/mol. The van der Waals surface area contributed by atoms with E-state index in [4.69, 9.17) is 12.2 Å². The fourth-order valence-electron chi connectivity index (χ4n) is 2.88. The van der Waals surface area contributed by atoms with Crippen LogP contribution in [0.2, 0.25) is 0 Å². The van der Waals surface area contributed by atoms with Gasteiger partial charge in [-0.3, -0.25) is 9.69 Å². The number of aryl methyl sites for hydroxylation is 1. The van der Waals surface area contributed by atoms with Gasteiger partial charge in [-0.25, -0.2) is 4.79 Å². The van der Waals surface area contributed by atoms with E-state index in [0.717, 1.165) is 29.3 Å². The van der Waals surface area contributed by atoms with E-state index in [2.05, 4.69) is 6.92 Å². The molecule has 2 aromatic rings. The second-order valence-electron chi connectivity index (χ2n) is 6.19. The van der Waals surface area contributed by atoms with Gasteiger partial charge in [0.25, 0.3) is 5.91 Å². The topological polar surface area (TPSA) is 57.6 Å². The quantitative estimate of drug-likeness (QED) is 0.586. The summed E-state index contributed by atoms with van der Waals surface area (Å²) in [5.41, 5.74) is 2.95. The predicted octanol–water partition coefficient (Wildman–Crippen LogP) is 4.15. The van der Waals surface area contributed by atoms with Gasteiger partial charge in [-0.05, 0) is 29.2 Å². The van der Waals surface area contributed by atoms with Crippen LogP contribution >= 0.6 is 24.0 Å². The largest absolute Gasteiger partial charge is 0.480 e. The first-order chi connectivity index (χ1) is 13.0. The van der Waals surface area contributed by atoms with E-state index in [9.17, 15) is 14.7 Å². The second kappa shape index (κ2) is 8.50. The first-order valence-corrected chi connectivity index (χ1v) is 9.84. The molecule has 0 aliphatic carbocycles. The fourth-order valence-corrected chi connectivity index (χ4v) is 4.23. The first kappa shape index (κ1) is 19.3. The zero-order chi connectivity index (χ0) is 19.4. The van der Waals surface area contributed by atoms with E-state index in [1.54, 1.807) is 6.08 Å². The Hall–Kier alpha value is -2.44. The molecule has 0 spiro atoms. The van der Waals surface area contributed by atoms with Gasteiger partial charge in [-0.15, -0.1) is 0 Å². The molecule has 1 atom stereocenters. The summed E-state index contributed by atoms with van der Waals surface area (Å²) in [5, 5.41) is 9.68. The maximum Gasteiger partial charge on any atom is 0.327 e. The van der Waals surface area contributed by atoms with E-state index in [1.165, 1.54) is 10.5 Å². The normalized spacial score (nSPS) is 16.8. The van der Waals surface area contributed by atoms with Crippen molar-refractivity contribution in [2.45, 2.75) is 25.8 Å². The highest BCUT2D eigenvalue weighted by Crippen LogP contribution is 2.34. The van der Waals surface area contributed by atoms with Gasteiger partial charge in [0.1, 0.15) is 10.4 Å². The van der Waals surface area contributed by atoms with Crippen molar-refractivity contribution < 1.29 is 14.7 Å². The summed E-state index contributed by atoms with van der Waals surface area (Å²) in [6.07, 6.45) is 2.92. The van der Waals surface area contributed by atoms with E-state index in [-0.39, 0.29) is 16.6 Å². The van der Waals surface area contributed by atoms with Gasteiger partial charge in [-0.2, -0.15) is 0 Å². The highest BCUT2D eigenvalue weighted by Gasteiger charge is 2.40. The molecule has 6 heteroatoms. The van der Waals surface area contributed by atoms with E-state index in [0.29, 0.717) is 4.91 Å². The number of rotatable bonds is 6. The molecule has 0 radical (unpaired) electrons. The van der Waals surface area contributed by atoms with E-state index < -0.39 is 12.0 Å². The molecule has 3 rings (SSSR count). The molecule has 0 saturated carbocycles. The maximum absolute atomic E-state index is 12.9. The summed E-state index contributed by atoms with van der Waals surface area (Å²) >= 11 is 6.47. The summed E-state index contributed by atoms with van der Waals surface area (Å²) in [7, 11) is 0. The van der Waals surface area contributed by atoms with Gasteiger partial charge < -0.3 is 5.11 Å². The molecule has 1 amide bonds. The molecule has 1 heterocycles. The molecule has 138 valence electrons. The molecule has 1 fully saturated rings. The van der Waals surface area contributed by atoms with Crippen LogP contribution in [0.5, 0.6) is 0 Å². The molecular formula is C21H19NO3S2. The van der Waals surface area contributed by atoms with Gasteiger partial charge in [0.05, 0.1) is 4.91 Å². The number of nitrogens with zero attached hydrogens (tertiary/aromatic N) is 1. The third-order valence-electron chi connectivity index (χ3n) is 4.38. The van der Waals surface area contributed by atoms with Crippen molar-refractivity contribution in [3.8, 4) is 0 Å². The Bertz CT molecular complexity index is 891. The number of benzene rings is 2. The Kier molecular flexibility index (Phi) is 6.08. The number of aliphatic carboxylic acids is 1. The van der Waals surface area contributed by atoms with Crippen molar-refractivity contribution in [2.75, 3.05) is 0 Å². The minimum atomic E-state index is -1.07. The van der Waals surface area contributed by atoms with Crippen LogP contribution in [0.1, 0.15) is 23.6 Å². The van der Waals surface area contributed by atoms with E-state index in [1.807, 2.05) is 54.6 Å². The standard InChI is InChI=1S/C21H19NO3S2/c1-2-14-8-10-16(11-9-14)13-18-19(23)22(21(26)27-18)17(20(24)25)12-15-6-4-3-5-7-15/h3-11,13,17H,2,12H2,1H3,(H,24,25)/b18-13-. The fraction of sp³-hybridized carbons (Fsp3) is 0.190. The lowest BCUT2D eigenvalue weighted by Crippen LogP contribution is -2.45. The summed E-state index contributed by atoms with van der Waals surface area (Å²) in [6.45, 7) is 2.08. The van der Waals surface area contributed by atoms with E-state index >= 15 is 0 Å². The molecule has 1 unspecified atom stereocenters. The molecule has 0 bridgehead atoms. The molecule has 1 aliphatic rings. The molecule has 1 N–H and O–H groups in total. The van der Waals surface area contributed by atoms with Gasteiger partial charge in [0, 0.05) is 6.42 Å². The van der Waals surface area contributed by atoms with Crippen molar-refractivity contribution in [3.05, 3.63) is 76.2 Å². The third kappa shape index (κ3) is 4.46. The number of carbonyl (C=O) groups is 2. The number of thiocarbonyl (C=S) groups is 1. The van der Waals surface area contributed by atoms with Gasteiger partial charge in [0.2, 0.25) is 0 Å². The third-order valence-corrected chi connectivity index (χ3v) is 5.71. The van der Waals surface area contributed by atoms with Crippen LogP contribution in [0.4, 0.5) is 0 Å². The minimum absolute atomic E-state index is 0.209. The monoisotopic (exact) mass is 397 g/mol. The molecule has 1 aliphatic heterocycles. The van der Waals surface area contributed by atoms with Crippen molar-refractivity contribution in [2.24, 2.45) is 0 Å². The Balaban J connectivity index is 1.84. The second-order valence-corrected chi connectivity index (χ2v) is 7.87. The van der Waals surface area contributed by atoms with Gasteiger partial charge in [0.15, 0.2) is 0 Å². The van der Waals surface area contributed by atoms with Crippen LogP contribution in [0.15, 0.2) is 59.5 Å². The minimum Gasteiger partial charge on any atom is -0.480 e. The van der Waals surface area contributed by atoms with Gasteiger partial charge >= 0.3 is 5.97 Å². The molecule has 0 aromatic heterocycles. The Morgan fingerprint density at radius 1 is 1.15 bits per heavy atom. The van der Waals surface area contributed by atoms with Crippen LogP contribution in [-0.4, -0.2) is 32.2 Å². The summed E-state index contributed by atoms with van der Waals surface area (Å²) in [4.78, 5) is 26.4. The van der Waals surface area contributed by atoms with Crippen LogP contribution in [0.3, 0.4) is 0 Å². The van der Waals surface area contributed by atoms with Crippen LogP contribution < -0.4 is 0 Å². The molecular weight excluding hydrogens is 378 g/mol. The smallest absolute Gasteiger partial charge is 0.327 e. The SMILES string of the molecule is CCc1ccc(/C=C2\SC(=S)N(C(Cc3ccccc3)C(=O)O)C2=O)cc1. The molecule has 27 heavy (non-hydrogen) atoms. The Morgan fingerprint density at radius 3 is 2.41 bits per heavy atom. The van der Waals surface area contributed by atoms with Crippen molar-refractivity contribution >= 4 is 46.3 Å². The van der Waals surface area contributed by atoms with Crippen LogP contribution in [-0.2, 0) is 22.4 Å². The van der Waals surface area contributed by atoms with Crippen LogP contribution in [0.25, 0.3) is 6.08 Å². The Labute approximate surface area is 167 Å². The Morgan fingerprint density at radius 2 is 1.81 bits per heavy atom. The van der Waals surface area contributed by atoms with Crippen molar-refractivity contribution in [1.29, 1.82) is 0 Å². The number of carboxylic acid groups (broad SMARTS) is 1. The molecule has 4 nitrogen and oxygen atoms in total. The molecule has 1 saturated heterocycles. The number of hydrogen-bond donors (Lipinski definition) is 1. The number of amides is 1. The lowest BCUT2D eigenvalue weighted by atomic mass is 10.0. The van der Waals surface area contributed by atoms with Crippen LogP contribution in [0, 0.1) is 0 Å². The summed E-state index contributed by atoms with van der Waals surface area (Å²) in [5.74, 6) is -1.42.